The van der Waals surface area contributed by atoms with Crippen LogP contribution in [0.4, 0.5) is 0 Å². The third kappa shape index (κ3) is 3.41. The monoisotopic (exact) mass is 309 g/mol. The lowest BCUT2D eigenvalue weighted by Gasteiger charge is -2.25. The third-order valence-electron chi connectivity index (χ3n) is 3.91. The standard InChI is InChI=1S/C14H19N3O3S/c18-12(15-10-3-1-2-4-10)13-16-11(9-21-13)14(19)17-5-7-20-8-6-17/h9-10H,1-8H2,(H,15,18). The van der Waals surface area contributed by atoms with Crippen molar-refractivity contribution in [1.82, 2.24) is 15.2 Å². The van der Waals surface area contributed by atoms with Crippen molar-refractivity contribution in [3.05, 3.63) is 16.1 Å². The summed E-state index contributed by atoms with van der Waals surface area (Å²) in [6.07, 6.45) is 4.42. The highest BCUT2D eigenvalue weighted by molar-refractivity contribution is 7.11. The van der Waals surface area contributed by atoms with E-state index in [-0.39, 0.29) is 17.9 Å². The van der Waals surface area contributed by atoms with Gasteiger partial charge in [0.2, 0.25) is 0 Å². The van der Waals surface area contributed by atoms with Gasteiger partial charge < -0.3 is 15.0 Å². The number of carbonyl (C=O) groups excluding carboxylic acids is 2. The molecule has 3 rings (SSSR count). The number of nitrogens with zero attached hydrogens (tertiary/aromatic N) is 2. The smallest absolute Gasteiger partial charge is 0.280 e. The first-order valence-electron chi connectivity index (χ1n) is 7.37. The molecule has 1 N–H and O–H groups in total. The molecular weight excluding hydrogens is 290 g/mol. The van der Waals surface area contributed by atoms with E-state index in [0.29, 0.717) is 37.0 Å². The van der Waals surface area contributed by atoms with Crippen LogP contribution < -0.4 is 5.32 Å². The molecule has 0 aromatic carbocycles. The Hall–Kier alpha value is -1.47. The van der Waals surface area contributed by atoms with Crippen molar-refractivity contribution in [2.75, 3.05) is 26.3 Å². The Morgan fingerprint density at radius 3 is 2.71 bits per heavy atom. The summed E-state index contributed by atoms with van der Waals surface area (Å²) >= 11 is 1.23. The summed E-state index contributed by atoms with van der Waals surface area (Å²) < 4.78 is 5.23. The van der Waals surface area contributed by atoms with Gasteiger partial charge in [-0.15, -0.1) is 11.3 Å². The summed E-state index contributed by atoms with van der Waals surface area (Å²) in [4.78, 5) is 30.3. The van der Waals surface area contributed by atoms with E-state index in [2.05, 4.69) is 10.3 Å². The van der Waals surface area contributed by atoms with Gasteiger partial charge >= 0.3 is 0 Å². The van der Waals surface area contributed by atoms with Crippen molar-refractivity contribution in [2.24, 2.45) is 0 Å². The molecule has 2 fully saturated rings. The van der Waals surface area contributed by atoms with Gasteiger partial charge in [-0.2, -0.15) is 0 Å². The average Bonchev–Trinajstić information content (AvgIpc) is 3.18. The normalized spacial score (nSPS) is 19.7. The van der Waals surface area contributed by atoms with Gasteiger partial charge in [0, 0.05) is 24.5 Å². The zero-order valence-corrected chi connectivity index (χ0v) is 12.7. The predicted octanol–water partition coefficient (Wildman–Crippen LogP) is 1.29. The highest BCUT2D eigenvalue weighted by Gasteiger charge is 2.24. The maximum absolute atomic E-state index is 12.3. The molecule has 2 amide bonds. The number of morpholine rings is 1. The van der Waals surface area contributed by atoms with Gasteiger partial charge in [-0.1, -0.05) is 12.8 Å². The second-order valence-electron chi connectivity index (χ2n) is 5.40. The van der Waals surface area contributed by atoms with Gasteiger partial charge in [0.25, 0.3) is 11.8 Å². The summed E-state index contributed by atoms with van der Waals surface area (Å²) in [5, 5.41) is 5.03. The van der Waals surface area contributed by atoms with Crippen molar-refractivity contribution in [1.29, 1.82) is 0 Å². The zero-order chi connectivity index (χ0) is 14.7. The van der Waals surface area contributed by atoms with Crippen molar-refractivity contribution in [2.45, 2.75) is 31.7 Å². The number of ether oxygens (including phenoxy) is 1. The fraction of sp³-hybridized carbons (Fsp3) is 0.643. The molecule has 1 saturated heterocycles. The number of rotatable bonds is 3. The van der Waals surface area contributed by atoms with Gasteiger partial charge in [-0.05, 0) is 12.8 Å². The maximum atomic E-state index is 12.3. The molecule has 21 heavy (non-hydrogen) atoms. The number of amides is 2. The minimum Gasteiger partial charge on any atom is -0.378 e. The number of carbonyl (C=O) groups is 2. The van der Waals surface area contributed by atoms with Gasteiger partial charge in [-0.25, -0.2) is 4.98 Å². The van der Waals surface area contributed by atoms with Crippen LogP contribution in [0, 0.1) is 0 Å². The van der Waals surface area contributed by atoms with E-state index < -0.39 is 0 Å². The minimum atomic E-state index is -0.159. The van der Waals surface area contributed by atoms with Crippen LogP contribution in [-0.2, 0) is 4.74 Å². The number of aromatic nitrogens is 1. The molecule has 2 aliphatic rings. The Bertz CT molecular complexity index is 519. The first kappa shape index (κ1) is 14.5. The Morgan fingerprint density at radius 2 is 2.00 bits per heavy atom. The molecule has 0 radical (unpaired) electrons. The molecule has 1 saturated carbocycles. The van der Waals surface area contributed by atoms with E-state index in [1.54, 1.807) is 10.3 Å². The second kappa shape index (κ2) is 6.53. The van der Waals surface area contributed by atoms with Crippen molar-refractivity contribution >= 4 is 23.2 Å². The average molecular weight is 309 g/mol. The zero-order valence-electron chi connectivity index (χ0n) is 11.8. The largest absolute Gasteiger partial charge is 0.378 e. The Kier molecular flexibility index (Phi) is 4.50. The number of thiazole rings is 1. The third-order valence-corrected chi connectivity index (χ3v) is 4.75. The quantitative estimate of drug-likeness (QED) is 0.913. The lowest BCUT2D eigenvalue weighted by molar-refractivity contribution is 0.0299. The van der Waals surface area contributed by atoms with E-state index in [9.17, 15) is 9.59 Å². The Morgan fingerprint density at radius 1 is 1.29 bits per heavy atom. The molecule has 0 bridgehead atoms. The van der Waals surface area contributed by atoms with Gasteiger partial charge in [-0.3, -0.25) is 9.59 Å². The number of hydrogen-bond donors (Lipinski definition) is 1. The summed E-state index contributed by atoms with van der Waals surface area (Å²) in [7, 11) is 0. The molecule has 7 heteroatoms. The Labute approximate surface area is 127 Å². The fourth-order valence-corrected chi connectivity index (χ4v) is 3.42. The SMILES string of the molecule is O=C(NC1CCCC1)c1nc(C(=O)N2CCOCC2)cs1. The first-order chi connectivity index (χ1) is 10.2. The van der Waals surface area contributed by atoms with Crippen LogP contribution in [-0.4, -0.2) is 54.0 Å². The predicted molar refractivity (Wildman–Crippen MR) is 78.6 cm³/mol. The van der Waals surface area contributed by atoms with Gasteiger partial charge in [0.05, 0.1) is 13.2 Å². The van der Waals surface area contributed by atoms with Crippen LogP contribution >= 0.6 is 11.3 Å². The molecule has 1 aromatic heterocycles. The Balaban J connectivity index is 1.62. The maximum Gasteiger partial charge on any atom is 0.280 e. The van der Waals surface area contributed by atoms with Crippen molar-refractivity contribution < 1.29 is 14.3 Å². The summed E-state index contributed by atoms with van der Waals surface area (Å²) in [5.41, 5.74) is 0.360. The van der Waals surface area contributed by atoms with E-state index in [1.807, 2.05) is 0 Å². The molecule has 6 nitrogen and oxygen atoms in total. The molecule has 0 unspecified atom stereocenters. The van der Waals surface area contributed by atoms with Crippen LogP contribution in [0.25, 0.3) is 0 Å². The summed E-state index contributed by atoms with van der Waals surface area (Å²) in [5.74, 6) is -0.276. The van der Waals surface area contributed by atoms with E-state index in [4.69, 9.17) is 4.74 Å². The topological polar surface area (TPSA) is 71.5 Å². The van der Waals surface area contributed by atoms with E-state index in [0.717, 1.165) is 12.8 Å². The summed E-state index contributed by atoms with van der Waals surface area (Å²) in [6, 6.07) is 0.264. The van der Waals surface area contributed by atoms with Gasteiger partial charge in [0.15, 0.2) is 5.01 Å². The minimum absolute atomic E-state index is 0.116. The molecule has 1 aliphatic carbocycles. The molecule has 0 atom stereocenters. The second-order valence-corrected chi connectivity index (χ2v) is 6.26. The van der Waals surface area contributed by atoms with Crippen LogP contribution in [0.15, 0.2) is 5.38 Å². The van der Waals surface area contributed by atoms with Crippen LogP contribution in [0.3, 0.4) is 0 Å². The molecule has 0 spiro atoms. The molecule has 1 aromatic rings. The van der Waals surface area contributed by atoms with Crippen LogP contribution in [0.1, 0.15) is 46.0 Å². The van der Waals surface area contributed by atoms with Crippen molar-refractivity contribution in [3.8, 4) is 0 Å². The highest BCUT2D eigenvalue weighted by atomic mass is 32.1. The molecular formula is C14H19N3O3S. The summed E-state index contributed by atoms with van der Waals surface area (Å²) in [6.45, 7) is 2.29. The lowest BCUT2D eigenvalue weighted by atomic mass is 10.2. The van der Waals surface area contributed by atoms with Crippen molar-refractivity contribution in [3.63, 3.8) is 0 Å². The lowest BCUT2D eigenvalue weighted by Crippen LogP contribution is -2.40. The molecule has 114 valence electrons. The van der Waals surface area contributed by atoms with Crippen LogP contribution in [0.2, 0.25) is 0 Å². The van der Waals surface area contributed by atoms with Crippen LogP contribution in [0.5, 0.6) is 0 Å². The highest BCUT2D eigenvalue weighted by Crippen LogP contribution is 2.19. The fourth-order valence-electron chi connectivity index (χ4n) is 2.72. The van der Waals surface area contributed by atoms with E-state index in [1.165, 1.54) is 24.2 Å². The number of hydrogen-bond acceptors (Lipinski definition) is 5. The van der Waals surface area contributed by atoms with E-state index >= 15 is 0 Å². The van der Waals surface area contributed by atoms with Gasteiger partial charge in [0.1, 0.15) is 5.69 Å². The molecule has 2 heterocycles. The first-order valence-corrected chi connectivity index (χ1v) is 8.25. The molecule has 1 aliphatic heterocycles. The number of nitrogens with one attached hydrogen (secondary N) is 1.